The lowest BCUT2D eigenvalue weighted by Gasteiger charge is -2.23. The molecular weight excluding hydrogens is 252 g/mol. The van der Waals surface area contributed by atoms with Gasteiger partial charge < -0.3 is 5.32 Å². The van der Waals surface area contributed by atoms with Crippen molar-refractivity contribution in [2.24, 2.45) is 0 Å². The van der Waals surface area contributed by atoms with Crippen molar-refractivity contribution in [1.29, 1.82) is 0 Å². The second-order valence-corrected chi connectivity index (χ2v) is 6.12. The van der Waals surface area contributed by atoms with Gasteiger partial charge in [-0.15, -0.1) is 11.6 Å². The number of alkyl halides is 1. The number of hydrogen-bond acceptors (Lipinski definition) is 3. The Morgan fingerprint density at radius 1 is 1.44 bits per heavy atom. The molecule has 1 saturated heterocycles. The molecule has 0 aromatic rings. The van der Waals surface area contributed by atoms with Crippen LogP contribution in [0.1, 0.15) is 25.7 Å². The second kappa shape index (κ2) is 6.42. The minimum Gasteiger partial charge on any atom is -0.355 e. The maximum atomic E-state index is 11.6. The summed E-state index contributed by atoms with van der Waals surface area (Å²) >= 11 is 5.48. The number of nitrogens with one attached hydrogen (secondary N) is 2. The number of carbonyl (C=O) groups excluding carboxylic acids is 1. The molecule has 0 aliphatic carbocycles. The lowest BCUT2D eigenvalue weighted by Crippen LogP contribution is -2.48. The largest absolute Gasteiger partial charge is 0.355 e. The van der Waals surface area contributed by atoms with Gasteiger partial charge in [-0.2, -0.15) is 0 Å². The maximum Gasteiger partial charge on any atom is 0.220 e. The summed E-state index contributed by atoms with van der Waals surface area (Å²) in [4.78, 5) is 10.9. The van der Waals surface area contributed by atoms with Gasteiger partial charge in [0.05, 0.1) is 5.75 Å². The zero-order chi connectivity index (χ0) is 12.0. The summed E-state index contributed by atoms with van der Waals surface area (Å²) in [6, 6.07) is -0.168. The van der Waals surface area contributed by atoms with Crippen molar-refractivity contribution in [1.82, 2.24) is 10.0 Å². The molecule has 0 radical (unpaired) electrons. The summed E-state index contributed by atoms with van der Waals surface area (Å²) in [5, 5.41) is 2.63. The van der Waals surface area contributed by atoms with E-state index >= 15 is 0 Å². The van der Waals surface area contributed by atoms with Crippen LogP contribution in [0.25, 0.3) is 0 Å². The fourth-order valence-electron chi connectivity index (χ4n) is 1.53. The summed E-state index contributed by atoms with van der Waals surface area (Å²) in [5.74, 6) is 0.566. The number of carbonyl (C=O) groups is 1. The molecule has 5 nitrogen and oxygen atoms in total. The fourth-order valence-corrected chi connectivity index (χ4v) is 3.13. The zero-order valence-electron chi connectivity index (χ0n) is 9.04. The average molecular weight is 269 g/mol. The lowest BCUT2D eigenvalue weighted by atomic mass is 10.1. The molecule has 16 heavy (non-hydrogen) atoms. The molecule has 0 aromatic heterocycles. The summed E-state index contributed by atoms with van der Waals surface area (Å²) in [7, 11) is -3.23. The third-order valence-corrected chi connectivity index (χ3v) is 4.19. The van der Waals surface area contributed by atoms with Gasteiger partial charge in [-0.3, -0.25) is 4.79 Å². The van der Waals surface area contributed by atoms with E-state index in [-0.39, 0.29) is 17.7 Å². The van der Waals surface area contributed by atoms with Gasteiger partial charge in [0.25, 0.3) is 0 Å². The number of rotatable bonds is 6. The molecule has 1 aliphatic heterocycles. The molecule has 94 valence electrons. The van der Waals surface area contributed by atoms with Crippen LogP contribution in [0.15, 0.2) is 0 Å². The molecule has 0 bridgehead atoms. The summed E-state index contributed by atoms with van der Waals surface area (Å²) in [6.45, 7) is 0.383. The normalized spacial score (nSPS) is 21.8. The van der Waals surface area contributed by atoms with Gasteiger partial charge in [-0.05, 0) is 19.3 Å². The Labute approximate surface area is 101 Å². The van der Waals surface area contributed by atoms with E-state index in [0.29, 0.717) is 38.1 Å². The van der Waals surface area contributed by atoms with Gasteiger partial charge in [0, 0.05) is 24.9 Å². The Hall–Kier alpha value is -0.330. The van der Waals surface area contributed by atoms with Crippen LogP contribution in [0.3, 0.4) is 0 Å². The van der Waals surface area contributed by atoms with E-state index < -0.39 is 10.0 Å². The van der Waals surface area contributed by atoms with Crippen molar-refractivity contribution in [3.63, 3.8) is 0 Å². The number of unbranched alkanes of at least 4 members (excludes halogenated alkanes) is 1. The van der Waals surface area contributed by atoms with Gasteiger partial charge in [0.1, 0.15) is 0 Å². The van der Waals surface area contributed by atoms with Crippen molar-refractivity contribution < 1.29 is 13.2 Å². The van der Waals surface area contributed by atoms with E-state index in [1.807, 2.05) is 0 Å². The molecule has 1 unspecified atom stereocenters. The molecule has 1 amide bonds. The van der Waals surface area contributed by atoms with E-state index in [1.54, 1.807) is 0 Å². The van der Waals surface area contributed by atoms with Crippen LogP contribution < -0.4 is 10.0 Å². The minimum absolute atomic E-state index is 0.0161. The third-order valence-electron chi connectivity index (χ3n) is 2.41. The highest BCUT2D eigenvalue weighted by Gasteiger charge is 2.22. The highest BCUT2D eigenvalue weighted by Crippen LogP contribution is 2.05. The first-order valence-corrected chi connectivity index (χ1v) is 7.55. The molecule has 1 fully saturated rings. The van der Waals surface area contributed by atoms with Gasteiger partial charge in [-0.25, -0.2) is 13.1 Å². The van der Waals surface area contributed by atoms with Crippen molar-refractivity contribution in [3.8, 4) is 0 Å². The highest BCUT2D eigenvalue weighted by atomic mass is 35.5. The van der Waals surface area contributed by atoms with Crippen LogP contribution in [0.4, 0.5) is 0 Å². The van der Waals surface area contributed by atoms with Gasteiger partial charge in [-0.1, -0.05) is 0 Å². The maximum absolute atomic E-state index is 11.6. The van der Waals surface area contributed by atoms with E-state index in [0.717, 1.165) is 0 Å². The SMILES string of the molecule is O=C1CCC(NS(=O)(=O)CCCCCl)CN1. The molecular formula is C9H17ClN2O3S. The molecule has 2 N–H and O–H groups in total. The Morgan fingerprint density at radius 3 is 2.75 bits per heavy atom. The number of amides is 1. The highest BCUT2D eigenvalue weighted by molar-refractivity contribution is 7.89. The molecule has 1 heterocycles. The van der Waals surface area contributed by atoms with Crippen LogP contribution in [-0.2, 0) is 14.8 Å². The predicted octanol–water partition coefficient (Wildman–Crippen LogP) is 0.203. The number of hydrogen-bond donors (Lipinski definition) is 2. The van der Waals surface area contributed by atoms with Crippen molar-refractivity contribution in [2.45, 2.75) is 31.7 Å². The van der Waals surface area contributed by atoms with Crippen LogP contribution in [0.2, 0.25) is 0 Å². The quantitative estimate of drug-likeness (QED) is 0.534. The first-order chi connectivity index (χ1) is 7.53. The number of sulfonamides is 1. The third kappa shape index (κ3) is 5.14. The summed E-state index contributed by atoms with van der Waals surface area (Å²) < 4.78 is 25.8. The Kier molecular flexibility index (Phi) is 5.51. The number of halogens is 1. The average Bonchev–Trinajstić information content (AvgIpc) is 2.21. The van der Waals surface area contributed by atoms with E-state index in [1.165, 1.54) is 0 Å². The van der Waals surface area contributed by atoms with E-state index in [4.69, 9.17) is 11.6 Å². The topological polar surface area (TPSA) is 75.3 Å². The first-order valence-electron chi connectivity index (χ1n) is 5.36. The second-order valence-electron chi connectivity index (χ2n) is 3.87. The van der Waals surface area contributed by atoms with Crippen LogP contribution in [0.5, 0.6) is 0 Å². The van der Waals surface area contributed by atoms with E-state index in [9.17, 15) is 13.2 Å². The standard InChI is InChI=1S/C9H17ClN2O3S/c10-5-1-2-6-16(14,15)12-8-3-4-9(13)11-7-8/h8,12H,1-7H2,(H,11,13). The first kappa shape index (κ1) is 13.7. The molecule has 0 saturated carbocycles. The lowest BCUT2D eigenvalue weighted by molar-refractivity contribution is -0.122. The van der Waals surface area contributed by atoms with Crippen molar-refractivity contribution in [3.05, 3.63) is 0 Å². The molecule has 0 aromatic carbocycles. The van der Waals surface area contributed by atoms with Gasteiger partial charge in [0.2, 0.25) is 15.9 Å². The van der Waals surface area contributed by atoms with E-state index in [2.05, 4.69) is 10.0 Å². The molecule has 1 aliphatic rings. The zero-order valence-corrected chi connectivity index (χ0v) is 10.6. The number of piperidine rings is 1. The van der Waals surface area contributed by atoms with Crippen molar-refractivity contribution >= 4 is 27.5 Å². The monoisotopic (exact) mass is 268 g/mol. The van der Waals surface area contributed by atoms with Gasteiger partial charge in [0.15, 0.2) is 0 Å². The summed E-state index contributed by atoms with van der Waals surface area (Å²) in [5.41, 5.74) is 0. The van der Waals surface area contributed by atoms with Crippen molar-refractivity contribution in [2.75, 3.05) is 18.2 Å². The molecule has 1 atom stereocenters. The minimum atomic E-state index is -3.23. The smallest absolute Gasteiger partial charge is 0.220 e. The molecule has 1 rings (SSSR count). The Balaban J connectivity index is 2.32. The van der Waals surface area contributed by atoms with Crippen LogP contribution >= 0.6 is 11.6 Å². The predicted molar refractivity (Wildman–Crippen MR) is 62.9 cm³/mol. The van der Waals surface area contributed by atoms with Crippen LogP contribution in [-0.4, -0.2) is 38.5 Å². The fraction of sp³-hybridized carbons (Fsp3) is 0.889. The Bertz CT molecular complexity index is 322. The Morgan fingerprint density at radius 2 is 2.19 bits per heavy atom. The molecule has 0 spiro atoms. The van der Waals surface area contributed by atoms with Crippen LogP contribution in [0, 0.1) is 0 Å². The summed E-state index contributed by atoms with van der Waals surface area (Å²) in [6.07, 6.45) is 2.22. The van der Waals surface area contributed by atoms with Gasteiger partial charge >= 0.3 is 0 Å². The molecule has 7 heteroatoms.